The summed E-state index contributed by atoms with van der Waals surface area (Å²) in [5, 5.41) is 17.1. The van der Waals surface area contributed by atoms with Crippen LogP contribution in [-0.2, 0) is 19.2 Å². The van der Waals surface area contributed by atoms with E-state index < -0.39 is 47.9 Å². The summed E-state index contributed by atoms with van der Waals surface area (Å²) in [6.07, 6.45) is 1.80. The molecule has 0 rings (SSSR count). The summed E-state index contributed by atoms with van der Waals surface area (Å²) in [6, 6.07) is -3.65. The normalized spacial score (nSPS) is 15.2. The average Bonchev–Trinajstić information content (AvgIpc) is 2.63. The van der Waals surface area contributed by atoms with E-state index in [-0.39, 0.29) is 18.3 Å². The first-order chi connectivity index (χ1) is 13.9. The van der Waals surface area contributed by atoms with Gasteiger partial charge in [-0.3, -0.25) is 14.4 Å². The molecule has 4 unspecified atom stereocenters. The number of carbonyl (C=O) groups is 4. The first-order valence-electron chi connectivity index (χ1n) is 10.5. The van der Waals surface area contributed by atoms with Crippen LogP contribution in [0, 0.1) is 11.8 Å². The lowest BCUT2D eigenvalue weighted by atomic mass is 10.0. The second-order valence-electron chi connectivity index (χ2n) is 8.39. The molecule has 30 heavy (non-hydrogen) atoms. The van der Waals surface area contributed by atoms with E-state index in [9.17, 15) is 24.3 Å². The number of hydrogen-bond acceptors (Lipinski definition) is 6. The van der Waals surface area contributed by atoms with Crippen molar-refractivity contribution in [1.29, 1.82) is 0 Å². The zero-order valence-electron chi connectivity index (χ0n) is 18.7. The fourth-order valence-corrected chi connectivity index (χ4v) is 2.81. The largest absolute Gasteiger partial charge is 0.480 e. The van der Waals surface area contributed by atoms with E-state index in [1.807, 2.05) is 13.8 Å². The maximum absolute atomic E-state index is 12.8. The highest BCUT2D eigenvalue weighted by molar-refractivity contribution is 5.94. The van der Waals surface area contributed by atoms with Crippen molar-refractivity contribution >= 4 is 23.7 Å². The third-order valence-electron chi connectivity index (χ3n) is 4.56. The highest BCUT2D eigenvalue weighted by Crippen LogP contribution is 2.09. The number of hydrogen-bond donors (Lipinski definition) is 6. The van der Waals surface area contributed by atoms with E-state index in [1.54, 1.807) is 13.8 Å². The van der Waals surface area contributed by atoms with Crippen molar-refractivity contribution in [2.24, 2.45) is 23.3 Å². The molecule has 0 aliphatic heterocycles. The second-order valence-corrected chi connectivity index (χ2v) is 8.39. The van der Waals surface area contributed by atoms with Crippen LogP contribution in [-0.4, -0.2) is 59.5 Å². The average molecular weight is 430 g/mol. The molecule has 3 amide bonds. The predicted octanol–water partition coefficient (Wildman–Crippen LogP) is -0.296. The van der Waals surface area contributed by atoms with Gasteiger partial charge in [0.15, 0.2) is 0 Å². The third kappa shape index (κ3) is 10.5. The van der Waals surface area contributed by atoms with Gasteiger partial charge in [-0.15, -0.1) is 0 Å². The lowest BCUT2D eigenvalue weighted by molar-refractivity contribution is -0.143. The zero-order chi connectivity index (χ0) is 23.4. The van der Waals surface area contributed by atoms with Crippen LogP contribution in [0.15, 0.2) is 0 Å². The van der Waals surface area contributed by atoms with Crippen LogP contribution in [0.4, 0.5) is 0 Å². The van der Waals surface area contributed by atoms with Crippen LogP contribution in [0.3, 0.4) is 0 Å². The van der Waals surface area contributed by atoms with Gasteiger partial charge in [0.25, 0.3) is 0 Å². The van der Waals surface area contributed by atoms with E-state index in [0.717, 1.165) is 0 Å². The van der Waals surface area contributed by atoms with Gasteiger partial charge in [0, 0.05) is 0 Å². The zero-order valence-corrected chi connectivity index (χ0v) is 18.7. The standard InChI is InChI=1S/C20H39N5O5/c1-11(2)10-15(20(29)30)24-18(27)14(8-6-7-9-21)23-19(28)16(12(3)4)25-17(26)13(5)22/h11-16H,6-10,21-22H2,1-5H3,(H,23,28)(H,24,27)(H,25,26)(H,29,30). The number of nitrogens with two attached hydrogens (primary N) is 2. The fraction of sp³-hybridized carbons (Fsp3) is 0.800. The van der Waals surface area contributed by atoms with Crippen molar-refractivity contribution in [3.05, 3.63) is 0 Å². The van der Waals surface area contributed by atoms with Gasteiger partial charge < -0.3 is 32.5 Å². The minimum atomic E-state index is -1.13. The highest BCUT2D eigenvalue weighted by Gasteiger charge is 2.31. The van der Waals surface area contributed by atoms with E-state index in [1.165, 1.54) is 6.92 Å². The molecule has 8 N–H and O–H groups in total. The smallest absolute Gasteiger partial charge is 0.326 e. The molecule has 0 aliphatic carbocycles. The van der Waals surface area contributed by atoms with Crippen LogP contribution in [0.2, 0.25) is 0 Å². The summed E-state index contributed by atoms with van der Waals surface area (Å²) in [5.41, 5.74) is 11.1. The number of nitrogens with one attached hydrogen (secondary N) is 3. The van der Waals surface area contributed by atoms with Crippen LogP contribution in [0.1, 0.15) is 60.3 Å². The molecule has 174 valence electrons. The third-order valence-corrected chi connectivity index (χ3v) is 4.56. The van der Waals surface area contributed by atoms with E-state index in [2.05, 4.69) is 16.0 Å². The van der Waals surface area contributed by atoms with Crippen molar-refractivity contribution in [3.63, 3.8) is 0 Å². The Labute approximate surface area is 178 Å². The Hall–Kier alpha value is -2.20. The van der Waals surface area contributed by atoms with Gasteiger partial charge in [-0.25, -0.2) is 4.79 Å². The molecule has 4 atom stereocenters. The van der Waals surface area contributed by atoms with Gasteiger partial charge in [-0.2, -0.15) is 0 Å². The van der Waals surface area contributed by atoms with Gasteiger partial charge in [-0.1, -0.05) is 27.7 Å². The van der Waals surface area contributed by atoms with Crippen molar-refractivity contribution < 1.29 is 24.3 Å². The van der Waals surface area contributed by atoms with Crippen molar-refractivity contribution in [2.75, 3.05) is 6.54 Å². The maximum Gasteiger partial charge on any atom is 0.326 e. The van der Waals surface area contributed by atoms with E-state index >= 15 is 0 Å². The molecule has 0 aromatic carbocycles. The van der Waals surface area contributed by atoms with Gasteiger partial charge >= 0.3 is 5.97 Å². The maximum atomic E-state index is 12.8. The van der Waals surface area contributed by atoms with Crippen LogP contribution in [0.25, 0.3) is 0 Å². The number of aliphatic carboxylic acids is 1. The van der Waals surface area contributed by atoms with Crippen molar-refractivity contribution in [3.8, 4) is 0 Å². The summed E-state index contributed by atoms with van der Waals surface area (Å²) in [5.74, 6) is -2.88. The quantitative estimate of drug-likeness (QED) is 0.205. The summed E-state index contributed by atoms with van der Waals surface area (Å²) in [7, 11) is 0. The lowest BCUT2D eigenvalue weighted by Crippen LogP contribution is -2.58. The lowest BCUT2D eigenvalue weighted by Gasteiger charge is -2.27. The topological polar surface area (TPSA) is 177 Å². The molecule has 10 heteroatoms. The highest BCUT2D eigenvalue weighted by atomic mass is 16.4. The molecule has 0 saturated heterocycles. The monoisotopic (exact) mass is 429 g/mol. The molecule has 0 bridgehead atoms. The minimum absolute atomic E-state index is 0.0652. The van der Waals surface area contributed by atoms with Gasteiger partial charge in [0.05, 0.1) is 6.04 Å². The Bertz CT molecular complexity index is 580. The number of carboxylic acids is 1. The summed E-state index contributed by atoms with van der Waals surface area (Å²) in [6.45, 7) is 9.19. The second kappa shape index (κ2) is 13.9. The molecule has 0 radical (unpaired) electrons. The molecule has 0 aliphatic rings. The molecule has 0 spiro atoms. The summed E-state index contributed by atoms with van der Waals surface area (Å²) in [4.78, 5) is 49.0. The molecular formula is C20H39N5O5. The molecule has 0 heterocycles. The summed E-state index contributed by atoms with van der Waals surface area (Å²) < 4.78 is 0. The molecule has 10 nitrogen and oxygen atoms in total. The molecule has 0 saturated carbocycles. The Morgan fingerprint density at radius 1 is 0.833 bits per heavy atom. The first kappa shape index (κ1) is 27.8. The number of carbonyl (C=O) groups excluding carboxylic acids is 3. The minimum Gasteiger partial charge on any atom is -0.480 e. The number of rotatable bonds is 14. The van der Waals surface area contributed by atoms with E-state index in [0.29, 0.717) is 25.8 Å². The van der Waals surface area contributed by atoms with E-state index in [4.69, 9.17) is 11.5 Å². The molecule has 0 fully saturated rings. The Kier molecular flexibility index (Phi) is 12.9. The molecular weight excluding hydrogens is 390 g/mol. The van der Waals surface area contributed by atoms with Crippen LogP contribution in [0.5, 0.6) is 0 Å². The number of carboxylic acid groups (broad SMARTS) is 1. The van der Waals surface area contributed by atoms with Crippen LogP contribution < -0.4 is 27.4 Å². The molecule has 0 aromatic heterocycles. The van der Waals surface area contributed by atoms with Gasteiger partial charge in [0.2, 0.25) is 17.7 Å². The molecule has 0 aromatic rings. The number of unbranched alkanes of at least 4 members (excludes halogenated alkanes) is 1. The number of amides is 3. The Balaban J connectivity index is 5.37. The van der Waals surface area contributed by atoms with Crippen molar-refractivity contribution in [1.82, 2.24) is 16.0 Å². The SMILES string of the molecule is CC(C)CC(NC(=O)C(CCCCN)NC(=O)C(NC(=O)C(C)N)C(C)C)C(=O)O. The van der Waals surface area contributed by atoms with Crippen LogP contribution >= 0.6 is 0 Å². The van der Waals surface area contributed by atoms with Crippen molar-refractivity contribution in [2.45, 2.75) is 84.5 Å². The Morgan fingerprint density at radius 2 is 1.40 bits per heavy atom. The first-order valence-corrected chi connectivity index (χ1v) is 10.5. The Morgan fingerprint density at radius 3 is 1.83 bits per heavy atom. The van der Waals surface area contributed by atoms with Gasteiger partial charge in [-0.05, 0) is 51.0 Å². The van der Waals surface area contributed by atoms with Gasteiger partial charge in [0.1, 0.15) is 18.1 Å². The predicted molar refractivity (Wildman–Crippen MR) is 114 cm³/mol. The fourth-order valence-electron chi connectivity index (χ4n) is 2.81. The summed E-state index contributed by atoms with van der Waals surface area (Å²) >= 11 is 0.